The topological polar surface area (TPSA) is 57.6 Å². The number of fused-ring (bicyclic) bond motifs is 1. The number of likely N-dealkylation sites (tertiary alicyclic amines) is 1. The lowest BCUT2D eigenvalue weighted by molar-refractivity contribution is -0.148. The van der Waals surface area contributed by atoms with Crippen molar-refractivity contribution in [1.29, 1.82) is 0 Å². The van der Waals surface area contributed by atoms with Gasteiger partial charge in [0.15, 0.2) is 0 Å². The van der Waals surface area contributed by atoms with E-state index in [1.54, 1.807) is 0 Å². The molecule has 1 aliphatic heterocycles. The van der Waals surface area contributed by atoms with E-state index in [4.69, 9.17) is 5.11 Å². The second kappa shape index (κ2) is 6.11. The maximum absolute atomic E-state index is 12.5. The van der Waals surface area contributed by atoms with Gasteiger partial charge >= 0.3 is 5.97 Å². The Morgan fingerprint density at radius 1 is 1.27 bits per heavy atom. The molecule has 1 N–H and O–H groups in total. The minimum atomic E-state index is -0.738. The summed E-state index contributed by atoms with van der Waals surface area (Å²) in [7, 11) is 0. The van der Waals surface area contributed by atoms with E-state index in [0.29, 0.717) is 25.9 Å². The molecule has 1 heterocycles. The van der Waals surface area contributed by atoms with Crippen LogP contribution >= 0.6 is 0 Å². The first-order valence-electron chi connectivity index (χ1n) is 8.16. The first-order chi connectivity index (χ1) is 10.5. The van der Waals surface area contributed by atoms with Crippen LogP contribution in [0.25, 0.3) is 0 Å². The van der Waals surface area contributed by atoms with Gasteiger partial charge < -0.3 is 10.0 Å². The quantitative estimate of drug-likeness (QED) is 0.932. The molecule has 0 bridgehead atoms. The van der Waals surface area contributed by atoms with E-state index in [9.17, 15) is 9.59 Å². The predicted octanol–water partition coefficient (Wildman–Crippen LogP) is 2.29. The van der Waals surface area contributed by atoms with Crippen LogP contribution in [0.2, 0.25) is 0 Å². The van der Waals surface area contributed by atoms with Crippen molar-refractivity contribution in [3.05, 3.63) is 34.9 Å². The van der Waals surface area contributed by atoms with Crippen LogP contribution in [0.5, 0.6) is 0 Å². The normalized spacial score (nSPS) is 24.1. The molecule has 3 rings (SSSR count). The van der Waals surface area contributed by atoms with Gasteiger partial charge in [0.25, 0.3) is 0 Å². The number of amides is 1. The lowest BCUT2D eigenvalue weighted by Crippen LogP contribution is -2.45. The zero-order valence-electron chi connectivity index (χ0n) is 13.0. The van der Waals surface area contributed by atoms with Crippen molar-refractivity contribution in [2.24, 2.45) is 11.8 Å². The molecular formula is C18H23NO3. The first kappa shape index (κ1) is 15.1. The minimum Gasteiger partial charge on any atom is -0.481 e. The maximum Gasteiger partial charge on any atom is 0.306 e. The van der Waals surface area contributed by atoms with E-state index in [1.807, 2.05) is 11.8 Å². The van der Waals surface area contributed by atoms with Gasteiger partial charge in [-0.1, -0.05) is 25.1 Å². The Hall–Kier alpha value is -1.84. The fourth-order valence-electron chi connectivity index (χ4n) is 3.76. The number of nitrogens with zero attached hydrogens (tertiary/aromatic N) is 1. The molecule has 118 valence electrons. The molecule has 1 saturated heterocycles. The van der Waals surface area contributed by atoms with Crippen LogP contribution in [0.3, 0.4) is 0 Å². The highest BCUT2D eigenvalue weighted by molar-refractivity contribution is 5.79. The molecule has 0 unspecified atom stereocenters. The Bertz CT molecular complexity index is 596. The molecule has 2 atom stereocenters. The van der Waals surface area contributed by atoms with Crippen LogP contribution in [0.1, 0.15) is 36.5 Å². The summed E-state index contributed by atoms with van der Waals surface area (Å²) in [5.74, 6) is -0.911. The maximum atomic E-state index is 12.5. The summed E-state index contributed by atoms with van der Waals surface area (Å²) < 4.78 is 0. The lowest BCUT2D eigenvalue weighted by atomic mass is 9.87. The molecule has 0 saturated carbocycles. The molecule has 22 heavy (non-hydrogen) atoms. The zero-order chi connectivity index (χ0) is 15.7. The Morgan fingerprint density at radius 2 is 2.05 bits per heavy atom. The molecular weight excluding hydrogens is 278 g/mol. The molecule has 1 fully saturated rings. The van der Waals surface area contributed by atoms with Gasteiger partial charge in [0, 0.05) is 13.1 Å². The van der Waals surface area contributed by atoms with Gasteiger partial charge in [-0.3, -0.25) is 9.59 Å². The van der Waals surface area contributed by atoms with Crippen molar-refractivity contribution < 1.29 is 14.7 Å². The lowest BCUT2D eigenvalue weighted by Gasteiger charge is -2.35. The molecule has 1 aromatic carbocycles. The van der Waals surface area contributed by atoms with Gasteiger partial charge in [-0.05, 0) is 48.3 Å². The summed E-state index contributed by atoms with van der Waals surface area (Å²) in [4.78, 5) is 25.4. The highest BCUT2D eigenvalue weighted by atomic mass is 16.4. The number of hydrogen-bond donors (Lipinski definition) is 1. The van der Waals surface area contributed by atoms with Crippen LogP contribution in [0.4, 0.5) is 0 Å². The average molecular weight is 301 g/mol. The summed E-state index contributed by atoms with van der Waals surface area (Å²) in [5, 5.41) is 9.15. The predicted molar refractivity (Wildman–Crippen MR) is 83.7 cm³/mol. The number of carbonyl (C=O) groups is 2. The van der Waals surface area contributed by atoms with E-state index >= 15 is 0 Å². The Kier molecular flexibility index (Phi) is 4.19. The molecule has 0 radical (unpaired) electrons. The number of carboxylic acid groups (broad SMARTS) is 1. The van der Waals surface area contributed by atoms with Gasteiger partial charge in [-0.15, -0.1) is 0 Å². The number of aliphatic carboxylic acids is 1. The summed E-state index contributed by atoms with van der Waals surface area (Å²) in [6, 6.07) is 6.40. The largest absolute Gasteiger partial charge is 0.481 e. The highest BCUT2D eigenvalue weighted by Gasteiger charge is 2.32. The third kappa shape index (κ3) is 3.01. The number of benzene rings is 1. The molecule has 1 amide bonds. The molecule has 2 aliphatic rings. The minimum absolute atomic E-state index is 0.0234. The van der Waals surface area contributed by atoms with Gasteiger partial charge in [0.05, 0.1) is 12.3 Å². The van der Waals surface area contributed by atoms with E-state index < -0.39 is 5.97 Å². The SMILES string of the molecule is C[C@@H]1CN(C(=O)Cc2ccc3c(c2)CCC3)CC[C@@H]1C(=O)O. The number of carboxylic acids is 1. The van der Waals surface area contributed by atoms with Gasteiger partial charge in [-0.25, -0.2) is 0 Å². The van der Waals surface area contributed by atoms with Crippen LogP contribution < -0.4 is 0 Å². The molecule has 0 spiro atoms. The second-order valence-corrected chi connectivity index (χ2v) is 6.68. The molecule has 0 aromatic heterocycles. The van der Waals surface area contributed by atoms with Crippen LogP contribution in [0.15, 0.2) is 18.2 Å². The monoisotopic (exact) mass is 301 g/mol. The number of carbonyl (C=O) groups excluding carboxylic acids is 1. The van der Waals surface area contributed by atoms with Crippen molar-refractivity contribution in [3.8, 4) is 0 Å². The van der Waals surface area contributed by atoms with Crippen molar-refractivity contribution in [1.82, 2.24) is 4.90 Å². The highest BCUT2D eigenvalue weighted by Crippen LogP contribution is 2.25. The number of piperidine rings is 1. The van der Waals surface area contributed by atoms with Gasteiger partial charge in [0.2, 0.25) is 5.91 Å². The van der Waals surface area contributed by atoms with Crippen LogP contribution in [-0.2, 0) is 28.9 Å². The zero-order valence-corrected chi connectivity index (χ0v) is 13.0. The third-order valence-corrected chi connectivity index (χ3v) is 5.09. The number of hydrogen-bond acceptors (Lipinski definition) is 2. The van der Waals surface area contributed by atoms with Crippen molar-refractivity contribution in [2.75, 3.05) is 13.1 Å². The summed E-state index contributed by atoms with van der Waals surface area (Å²) in [5.41, 5.74) is 3.90. The van der Waals surface area contributed by atoms with Crippen molar-refractivity contribution >= 4 is 11.9 Å². The average Bonchev–Trinajstić information content (AvgIpc) is 2.94. The summed E-state index contributed by atoms with van der Waals surface area (Å²) in [6.07, 6.45) is 4.49. The molecule has 4 heteroatoms. The smallest absolute Gasteiger partial charge is 0.306 e. The fraction of sp³-hybridized carbons (Fsp3) is 0.556. The third-order valence-electron chi connectivity index (χ3n) is 5.09. The van der Waals surface area contributed by atoms with Crippen LogP contribution in [0, 0.1) is 11.8 Å². The summed E-state index contributed by atoms with van der Waals surface area (Å²) >= 11 is 0. The Morgan fingerprint density at radius 3 is 2.77 bits per heavy atom. The van der Waals surface area contributed by atoms with Gasteiger partial charge in [0.1, 0.15) is 0 Å². The summed E-state index contributed by atoms with van der Waals surface area (Å²) in [6.45, 7) is 3.04. The standard InChI is InChI=1S/C18H23NO3/c1-12-11-19(8-7-16(12)18(21)22)17(20)10-13-5-6-14-3-2-4-15(14)9-13/h5-6,9,12,16H,2-4,7-8,10-11H2,1H3,(H,21,22)/t12-,16+/m1/s1. The molecule has 4 nitrogen and oxygen atoms in total. The van der Waals surface area contributed by atoms with E-state index in [-0.39, 0.29) is 17.7 Å². The Labute approximate surface area is 131 Å². The first-order valence-corrected chi connectivity index (χ1v) is 8.16. The van der Waals surface area contributed by atoms with Gasteiger partial charge in [-0.2, -0.15) is 0 Å². The molecule has 1 aromatic rings. The Balaban J connectivity index is 1.62. The van der Waals surface area contributed by atoms with Crippen molar-refractivity contribution in [2.45, 2.75) is 39.0 Å². The van der Waals surface area contributed by atoms with E-state index in [0.717, 1.165) is 18.4 Å². The van der Waals surface area contributed by atoms with Crippen molar-refractivity contribution in [3.63, 3.8) is 0 Å². The van der Waals surface area contributed by atoms with Crippen LogP contribution in [-0.4, -0.2) is 35.0 Å². The number of rotatable bonds is 3. The van der Waals surface area contributed by atoms with E-state index in [2.05, 4.69) is 18.2 Å². The number of aryl methyl sites for hydroxylation is 2. The second-order valence-electron chi connectivity index (χ2n) is 6.68. The van der Waals surface area contributed by atoms with E-state index in [1.165, 1.54) is 17.5 Å². The molecule has 1 aliphatic carbocycles. The fourth-order valence-corrected chi connectivity index (χ4v) is 3.76.